The summed E-state index contributed by atoms with van der Waals surface area (Å²) in [5.41, 5.74) is -0.413. The summed E-state index contributed by atoms with van der Waals surface area (Å²) in [6, 6.07) is 16.5. The Morgan fingerprint density at radius 1 is 0.625 bits per heavy atom. The van der Waals surface area contributed by atoms with E-state index in [0.29, 0.717) is 8.58 Å². The molecule has 0 spiro atoms. The lowest BCUT2D eigenvalue weighted by molar-refractivity contribution is 0.132. The average Bonchev–Trinajstić information content (AvgIpc) is 2.40. The van der Waals surface area contributed by atoms with E-state index in [2.05, 4.69) is 65.8 Å². The van der Waals surface area contributed by atoms with Gasteiger partial charge in [-0.25, -0.2) is 0 Å². The van der Waals surface area contributed by atoms with Crippen LogP contribution in [0.5, 0.6) is 11.5 Å². The first kappa shape index (κ1) is 20.8. The molecule has 2 aromatic rings. The lowest BCUT2D eigenvalue weighted by Gasteiger charge is -2.25. The number of halogens is 1. The molecule has 0 bridgehead atoms. The zero-order chi connectivity index (χ0) is 17.1. The fraction of sp³-hybridized carbons (Fsp3) is 0.400. The van der Waals surface area contributed by atoms with Crippen LogP contribution in [-0.2, 0) is 0 Å². The molecule has 0 aliphatic heterocycles. The maximum Gasteiger partial charge on any atom is 0.127 e. The zero-order valence-corrected chi connectivity index (χ0v) is 17.2. The predicted molar refractivity (Wildman–Crippen MR) is 108 cm³/mol. The van der Waals surface area contributed by atoms with Gasteiger partial charge in [-0.3, -0.25) is 0 Å². The van der Waals surface area contributed by atoms with Gasteiger partial charge >= 0.3 is 0 Å². The van der Waals surface area contributed by atoms with E-state index in [1.165, 1.54) is 10.6 Å². The molecule has 4 heteroatoms. The summed E-state index contributed by atoms with van der Waals surface area (Å²) in [4.78, 5) is 0. The third kappa shape index (κ3) is 6.71. The molecular formula is C20H28ClO2P. The molecule has 0 aromatic heterocycles. The van der Waals surface area contributed by atoms with E-state index in [4.69, 9.17) is 9.47 Å². The van der Waals surface area contributed by atoms with Gasteiger partial charge in [0.15, 0.2) is 0 Å². The van der Waals surface area contributed by atoms with Crippen LogP contribution in [0.25, 0.3) is 0 Å². The molecule has 2 aromatic carbocycles. The van der Waals surface area contributed by atoms with Crippen LogP contribution in [0.4, 0.5) is 0 Å². The van der Waals surface area contributed by atoms with E-state index in [1.807, 2.05) is 24.3 Å². The highest BCUT2D eigenvalue weighted by Gasteiger charge is 2.17. The Bertz CT molecular complexity index is 600. The standard InChI is InChI=1S/C20H27O2P.ClH/c1-19(2,3)21-15-11-7-9-13-17(15)23-18-14-10-8-12-16(18)22-20(4,5)6;/h7-14,23H,1-6H3;1H. The monoisotopic (exact) mass is 366 g/mol. The molecule has 2 nitrogen and oxygen atoms in total. The van der Waals surface area contributed by atoms with Gasteiger partial charge in [-0.05, 0) is 53.7 Å². The molecule has 0 saturated carbocycles. The lowest BCUT2D eigenvalue weighted by atomic mass is 10.2. The van der Waals surface area contributed by atoms with Crippen LogP contribution in [0.1, 0.15) is 41.5 Å². The van der Waals surface area contributed by atoms with Gasteiger partial charge in [-0.1, -0.05) is 45.0 Å². The minimum Gasteiger partial charge on any atom is -0.487 e. The zero-order valence-electron chi connectivity index (χ0n) is 15.3. The van der Waals surface area contributed by atoms with Gasteiger partial charge in [-0.15, -0.1) is 12.4 Å². The van der Waals surface area contributed by atoms with Crippen molar-refractivity contribution in [3.05, 3.63) is 48.5 Å². The molecule has 0 atom stereocenters. The summed E-state index contributed by atoms with van der Waals surface area (Å²) in [6.07, 6.45) is 0. The molecule has 0 saturated heterocycles. The highest BCUT2D eigenvalue weighted by Crippen LogP contribution is 2.27. The van der Waals surface area contributed by atoms with E-state index in [9.17, 15) is 0 Å². The summed E-state index contributed by atoms with van der Waals surface area (Å²) in [5.74, 6) is 1.90. The fourth-order valence-electron chi connectivity index (χ4n) is 2.12. The third-order valence-electron chi connectivity index (χ3n) is 2.88. The van der Waals surface area contributed by atoms with E-state index >= 15 is 0 Å². The Morgan fingerprint density at radius 2 is 0.958 bits per heavy atom. The van der Waals surface area contributed by atoms with E-state index in [1.54, 1.807) is 0 Å². The van der Waals surface area contributed by atoms with Crippen molar-refractivity contribution in [1.29, 1.82) is 0 Å². The topological polar surface area (TPSA) is 18.5 Å². The Morgan fingerprint density at radius 3 is 1.29 bits per heavy atom. The highest BCUT2D eigenvalue weighted by atomic mass is 35.5. The second-order valence-electron chi connectivity index (χ2n) is 7.55. The van der Waals surface area contributed by atoms with Crippen molar-refractivity contribution in [2.45, 2.75) is 52.7 Å². The number of benzene rings is 2. The summed E-state index contributed by atoms with van der Waals surface area (Å²) >= 11 is 0. The molecule has 24 heavy (non-hydrogen) atoms. The van der Waals surface area contributed by atoms with Crippen LogP contribution in [0.15, 0.2) is 48.5 Å². The van der Waals surface area contributed by atoms with Crippen molar-refractivity contribution in [1.82, 2.24) is 0 Å². The first-order valence-corrected chi connectivity index (χ1v) is 8.97. The van der Waals surface area contributed by atoms with Crippen LogP contribution in [0.3, 0.4) is 0 Å². The molecule has 0 radical (unpaired) electrons. The summed E-state index contributed by atoms with van der Waals surface area (Å²) in [6.45, 7) is 12.4. The predicted octanol–water partition coefficient (Wildman–Crippen LogP) is 5.09. The maximum atomic E-state index is 6.11. The van der Waals surface area contributed by atoms with Crippen molar-refractivity contribution in [3.8, 4) is 11.5 Å². The lowest BCUT2D eigenvalue weighted by Crippen LogP contribution is -2.27. The van der Waals surface area contributed by atoms with Crippen molar-refractivity contribution in [2.75, 3.05) is 0 Å². The number of hydrogen-bond donors (Lipinski definition) is 0. The normalized spacial score (nSPS) is 11.6. The smallest absolute Gasteiger partial charge is 0.127 e. The summed E-state index contributed by atoms with van der Waals surface area (Å²) in [5, 5.41) is 2.40. The molecule has 0 N–H and O–H groups in total. The molecule has 0 aliphatic rings. The largest absolute Gasteiger partial charge is 0.487 e. The van der Waals surface area contributed by atoms with Crippen LogP contribution < -0.4 is 20.1 Å². The molecular weight excluding hydrogens is 339 g/mol. The van der Waals surface area contributed by atoms with Gasteiger partial charge < -0.3 is 9.47 Å². The van der Waals surface area contributed by atoms with Gasteiger partial charge in [0.2, 0.25) is 0 Å². The first-order valence-electron chi connectivity index (χ1n) is 7.97. The second kappa shape index (κ2) is 8.23. The first-order chi connectivity index (χ1) is 10.6. The van der Waals surface area contributed by atoms with Gasteiger partial charge in [0.1, 0.15) is 22.7 Å². The third-order valence-corrected chi connectivity index (χ3v) is 4.24. The maximum absolute atomic E-state index is 6.11. The van der Waals surface area contributed by atoms with E-state index in [0.717, 1.165) is 11.5 Å². The Kier molecular flexibility index (Phi) is 7.13. The van der Waals surface area contributed by atoms with Crippen LogP contribution in [0.2, 0.25) is 0 Å². The minimum atomic E-state index is -0.206. The van der Waals surface area contributed by atoms with Crippen LogP contribution in [0, 0.1) is 0 Å². The SMILES string of the molecule is CC(C)(C)Oc1ccccc1Pc1ccccc1OC(C)(C)C.Cl. The Labute approximate surface area is 154 Å². The van der Waals surface area contributed by atoms with Gasteiger partial charge in [0.25, 0.3) is 0 Å². The molecule has 0 heterocycles. The second-order valence-corrected chi connectivity index (χ2v) is 8.87. The Balaban J connectivity index is 0.00000288. The average molecular weight is 367 g/mol. The number of ether oxygens (including phenoxy) is 2. The fourth-order valence-corrected chi connectivity index (χ4v) is 3.29. The van der Waals surface area contributed by atoms with Gasteiger partial charge in [-0.2, -0.15) is 0 Å². The number of hydrogen-bond acceptors (Lipinski definition) is 2. The number of rotatable bonds is 4. The number of para-hydroxylation sites is 2. The summed E-state index contributed by atoms with van der Waals surface area (Å²) in [7, 11) is 0.496. The van der Waals surface area contributed by atoms with Crippen molar-refractivity contribution < 1.29 is 9.47 Å². The van der Waals surface area contributed by atoms with E-state index < -0.39 is 0 Å². The Hall–Kier alpha value is -1.24. The van der Waals surface area contributed by atoms with E-state index in [-0.39, 0.29) is 23.6 Å². The molecule has 0 amide bonds. The van der Waals surface area contributed by atoms with Crippen molar-refractivity contribution in [2.24, 2.45) is 0 Å². The van der Waals surface area contributed by atoms with Crippen molar-refractivity contribution >= 4 is 31.6 Å². The molecule has 0 aliphatic carbocycles. The van der Waals surface area contributed by atoms with Gasteiger partial charge in [0, 0.05) is 10.6 Å². The minimum absolute atomic E-state index is 0. The quantitative estimate of drug-likeness (QED) is 0.701. The van der Waals surface area contributed by atoms with Gasteiger partial charge in [0.05, 0.1) is 0 Å². The molecule has 0 unspecified atom stereocenters. The van der Waals surface area contributed by atoms with Crippen LogP contribution in [-0.4, -0.2) is 11.2 Å². The highest BCUT2D eigenvalue weighted by molar-refractivity contribution is 7.56. The molecule has 0 fully saturated rings. The molecule has 2 rings (SSSR count). The summed E-state index contributed by atoms with van der Waals surface area (Å²) < 4.78 is 12.2. The van der Waals surface area contributed by atoms with Crippen LogP contribution >= 0.6 is 21.0 Å². The molecule has 132 valence electrons. The van der Waals surface area contributed by atoms with Crippen molar-refractivity contribution in [3.63, 3.8) is 0 Å².